The van der Waals surface area contributed by atoms with E-state index in [4.69, 9.17) is 0 Å². The van der Waals surface area contributed by atoms with Crippen LogP contribution in [-0.4, -0.2) is 29.5 Å². The van der Waals surface area contributed by atoms with Gasteiger partial charge < -0.3 is 20.2 Å². The van der Waals surface area contributed by atoms with E-state index in [1.807, 2.05) is 18.5 Å². The second kappa shape index (κ2) is 6.69. The maximum absolute atomic E-state index is 12.2. The Morgan fingerprint density at radius 2 is 2.09 bits per heavy atom. The van der Waals surface area contributed by atoms with Crippen molar-refractivity contribution in [2.75, 3.05) is 18.9 Å². The van der Waals surface area contributed by atoms with Gasteiger partial charge in [-0.15, -0.1) is 11.3 Å². The quantitative estimate of drug-likeness (QED) is 0.525. The summed E-state index contributed by atoms with van der Waals surface area (Å²) in [5, 5.41) is 4.92. The number of hydrogen-bond donors (Lipinski definition) is 4. The fraction of sp³-hybridized carbons (Fsp3) is 0.200. The molecule has 4 N–H and O–H groups in total. The van der Waals surface area contributed by atoms with Crippen molar-refractivity contribution >= 4 is 49.9 Å². The molecule has 0 fully saturated rings. The molecule has 0 saturated carbocycles. The maximum atomic E-state index is 12.2. The van der Waals surface area contributed by atoms with Crippen LogP contribution in [0.25, 0.3) is 11.0 Å². The summed E-state index contributed by atoms with van der Waals surface area (Å²) in [6, 6.07) is 7.59. The molecule has 1 aromatic carbocycles. The number of anilines is 1. The third-order valence-electron chi connectivity index (χ3n) is 3.40. The molecule has 23 heavy (non-hydrogen) atoms. The molecule has 6 nitrogen and oxygen atoms in total. The number of carbonyl (C=O) groups is 1. The number of H-pyrrole nitrogens is 2. The standard InChI is InChI=1S/C15H15BrN4O2S/c1-20(7-9-3-2-4-23-9)8-14(21)17-11-6-13-12(5-10(11)16)18-15(22)19-13/h2-6H,7-8H2,1H3,(H,17,21)(H2,18,19,22)/p+1. The number of carbonyl (C=O) groups excluding carboxylic acids is 1. The maximum Gasteiger partial charge on any atom is 0.323 e. The normalized spacial score (nSPS) is 12.4. The van der Waals surface area contributed by atoms with Crippen LogP contribution in [0.2, 0.25) is 0 Å². The van der Waals surface area contributed by atoms with Crippen molar-refractivity contribution in [1.82, 2.24) is 9.97 Å². The number of benzene rings is 1. The first-order valence-electron chi connectivity index (χ1n) is 7.06. The van der Waals surface area contributed by atoms with Crippen molar-refractivity contribution in [3.8, 4) is 0 Å². The average Bonchev–Trinajstić information content (AvgIpc) is 3.07. The highest BCUT2D eigenvalue weighted by molar-refractivity contribution is 9.10. The van der Waals surface area contributed by atoms with Crippen LogP contribution < -0.4 is 15.9 Å². The van der Waals surface area contributed by atoms with E-state index in [1.165, 1.54) is 4.88 Å². The number of halogens is 1. The molecule has 0 bridgehead atoms. The molecule has 3 rings (SSSR count). The van der Waals surface area contributed by atoms with Crippen molar-refractivity contribution < 1.29 is 9.69 Å². The molecule has 1 atom stereocenters. The SMILES string of the molecule is C[NH+](CC(=O)Nc1cc2[nH]c(=O)[nH]c2cc1Br)Cc1cccs1. The van der Waals surface area contributed by atoms with Gasteiger partial charge in [-0.25, -0.2) is 4.79 Å². The van der Waals surface area contributed by atoms with E-state index in [0.717, 1.165) is 15.9 Å². The van der Waals surface area contributed by atoms with Crippen molar-refractivity contribution in [1.29, 1.82) is 0 Å². The number of imidazole rings is 1. The summed E-state index contributed by atoms with van der Waals surface area (Å²) in [7, 11) is 1.99. The number of nitrogens with one attached hydrogen (secondary N) is 4. The number of amides is 1. The second-order valence-corrected chi connectivity index (χ2v) is 7.28. The Hall–Kier alpha value is -1.90. The molecule has 3 aromatic rings. The van der Waals surface area contributed by atoms with E-state index < -0.39 is 0 Å². The Bertz CT molecular complexity index is 885. The summed E-state index contributed by atoms with van der Waals surface area (Å²) in [5.74, 6) is -0.0722. The predicted octanol–water partition coefficient (Wildman–Crippen LogP) is 1.33. The fourth-order valence-electron chi connectivity index (χ4n) is 2.39. The summed E-state index contributed by atoms with van der Waals surface area (Å²) in [4.78, 5) is 31.3. The van der Waals surface area contributed by atoms with Crippen molar-refractivity contribution in [3.05, 3.63) is 49.5 Å². The molecule has 2 heterocycles. The number of rotatable bonds is 5. The van der Waals surface area contributed by atoms with E-state index >= 15 is 0 Å². The number of thiophene rings is 1. The highest BCUT2D eigenvalue weighted by Crippen LogP contribution is 2.26. The minimum absolute atomic E-state index is 0.0722. The number of hydrogen-bond acceptors (Lipinski definition) is 3. The zero-order chi connectivity index (χ0) is 16.4. The lowest BCUT2D eigenvalue weighted by atomic mass is 10.2. The van der Waals surface area contributed by atoms with Crippen LogP contribution in [0.1, 0.15) is 4.88 Å². The minimum atomic E-state index is -0.268. The van der Waals surface area contributed by atoms with Gasteiger partial charge in [0.25, 0.3) is 5.91 Å². The largest absolute Gasteiger partial charge is 0.325 e. The van der Waals surface area contributed by atoms with Crippen LogP contribution >= 0.6 is 27.3 Å². The second-order valence-electron chi connectivity index (χ2n) is 5.39. The topological polar surface area (TPSA) is 82.2 Å². The lowest BCUT2D eigenvalue weighted by Gasteiger charge is -2.13. The molecule has 0 aliphatic carbocycles. The highest BCUT2D eigenvalue weighted by atomic mass is 79.9. The zero-order valence-electron chi connectivity index (χ0n) is 12.4. The molecular weight excluding hydrogens is 380 g/mol. The Morgan fingerprint density at radius 3 is 2.78 bits per heavy atom. The van der Waals surface area contributed by atoms with Crippen molar-refractivity contribution in [2.45, 2.75) is 6.54 Å². The molecule has 8 heteroatoms. The average molecular weight is 396 g/mol. The van der Waals surface area contributed by atoms with Gasteiger partial charge in [0.15, 0.2) is 6.54 Å². The predicted molar refractivity (Wildman–Crippen MR) is 95.0 cm³/mol. The van der Waals surface area contributed by atoms with Crippen LogP contribution in [0.5, 0.6) is 0 Å². The molecule has 1 amide bonds. The lowest BCUT2D eigenvalue weighted by molar-refractivity contribution is -0.884. The van der Waals surface area contributed by atoms with Gasteiger partial charge in [0.2, 0.25) is 0 Å². The van der Waals surface area contributed by atoms with E-state index in [-0.39, 0.29) is 11.6 Å². The molecule has 2 aromatic heterocycles. The van der Waals surface area contributed by atoms with Gasteiger partial charge >= 0.3 is 5.69 Å². The Balaban J connectivity index is 1.67. The third-order valence-corrected chi connectivity index (χ3v) is 4.93. The first-order chi connectivity index (χ1) is 11.0. The summed E-state index contributed by atoms with van der Waals surface area (Å²) in [5.41, 5.74) is 1.73. The fourth-order valence-corrected chi connectivity index (χ4v) is 3.65. The first kappa shape index (κ1) is 16.0. The summed E-state index contributed by atoms with van der Waals surface area (Å²) in [6.07, 6.45) is 0. The molecule has 1 unspecified atom stereocenters. The van der Waals surface area contributed by atoms with Gasteiger partial charge in [0, 0.05) is 4.47 Å². The number of aromatic amines is 2. The van der Waals surface area contributed by atoms with Gasteiger partial charge in [-0.3, -0.25) is 4.79 Å². The Kier molecular flexibility index (Phi) is 4.65. The molecule has 0 spiro atoms. The Labute approximate surface area is 144 Å². The summed E-state index contributed by atoms with van der Waals surface area (Å²) < 4.78 is 0.726. The number of fused-ring (bicyclic) bond motifs is 1. The summed E-state index contributed by atoms with van der Waals surface area (Å²) in [6.45, 7) is 1.18. The van der Waals surface area contributed by atoms with E-state index in [9.17, 15) is 9.59 Å². The number of likely N-dealkylation sites (N-methyl/N-ethyl adjacent to an activating group) is 1. The Morgan fingerprint density at radius 1 is 1.35 bits per heavy atom. The van der Waals surface area contributed by atoms with Crippen LogP contribution in [0.15, 0.2) is 38.9 Å². The van der Waals surface area contributed by atoms with E-state index in [1.54, 1.807) is 23.5 Å². The smallest absolute Gasteiger partial charge is 0.323 e. The molecule has 0 saturated heterocycles. The van der Waals surface area contributed by atoms with Crippen molar-refractivity contribution in [2.24, 2.45) is 0 Å². The van der Waals surface area contributed by atoms with E-state index in [2.05, 4.69) is 37.3 Å². The molecule has 0 radical (unpaired) electrons. The molecule has 0 aliphatic heterocycles. The lowest BCUT2D eigenvalue weighted by Crippen LogP contribution is -3.08. The van der Waals surface area contributed by atoms with E-state index in [0.29, 0.717) is 23.3 Å². The van der Waals surface area contributed by atoms with Gasteiger partial charge in [0.05, 0.1) is 28.6 Å². The first-order valence-corrected chi connectivity index (χ1v) is 8.73. The zero-order valence-corrected chi connectivity index (χ0v) is 14.8. The highest BCUT2D eigenvalue weighted by Gasteiger charge is 2.13. The summed E-state index contributed by atoms with van der Waals surface area (Å²) >= 11 is 5.11. The molecule has 0 aliphatic rings. The van der Waals surface area contributed by atoms with Gasteiger partial charge in [-0.2, -0.15) is 0 Å². The van der Waals surface area contributed by atoms with Gasteiger partial charge in [-0.1, -0.05) is 6.07 Å². The van der Waals surface area contributed by atoms with Crippen molar-refractivity contribution in [3.63, 3.8) is 0 Å². The number of aromatic nitrogens is 2. The third kappa shape index (κ3) is 3.90. The minimum Gasteiger partial charge on any atom is -0.325 e. The monoisotopic (exact) mass is 395 g/mol. The van der Waals surface area contributed by atoms with Crippen LogP contribution in [0.4, 0.5) is 5.69 Å². The van der Waals surface area contributed by atoms with Crippen LogP contribution in [0, 0.1) is 0 Å². The molecular formula is C15H16BrN4O2S+. The van der Waals surface area contributed by atoms with Crippen LogP contribution in [0.3, 0.4) is 0 Å². The van der Waals surface area contributed by atoms with Crippen LogP contribution in [-0.2, 0) is 11.3 Å². The molecule has 120 valence electrons. The number of quaternary nitrogens is 1. The van der Waals surface area contributed by atoms with Gasteiger partial charge in [0.1, 0.15) is 6.54 Å². The van der Waals surface area contributed by atoms with Gasteiger partial charge in [-0.05, 0) is 39.5 Å².